The van der Waals surface area contributed by atoms with Gasteiger partial charge in [-0.2, -0.15) is 0 Å². The van der Waals surface area contributed by atoms with Gasteiger partial charge in [0, 0.05) is 7.05 Å². The van der Waals surface area contributed by atoms with E-state index < -0.39 is 20.0 Å². The fourth-order valence-electron chi connectivity index (χ4n) is 1.74. The van der Waals surface area contributed by atoms with E-state index >= 15 is 0 Å². The van der Waals surface area contributed by atoms with Crippen molar-refractivity contribution >= 4 is 20.0 Å². The molecule has 0 heterocycles. The summed E-state index contributed by atoms with van der Waals surface area (Å²) in [5.74, 6) is 0. The van der Waals surface area contributed by atoms with Crippen molar-refractivity contribution in [2.45, 2.75) is 16.7 Å². The molecule has 0 unspecified atom stereocenters. The van der Waals surface area contributed by atoms with Crippen LogP contribution < -0.4 is 4.83 Å². The molecule has 2 aromatic carbocycles. The molecular weight excluding hydrogens is 324 g/mol. The highest BCUT2D eigenvalue weighted by Crippen LogP contribution is 2.15. The summed E-state index contributed by atoms with van der Waals surface area (Å²) in [5.41, 5.74) is 0.909. The highest BCUT2D eigenvalue weighted by Gasteiger charge is 2.26. The second-order valence-corrected chi connectivity index (χ2v) is 8.32. The van der Waals surface area contributed by atoms with Gasteiger partial charge in [-0.15, -0.1) is 9.25 Å². The molecule has 0 aliphatic heterocycles. The van der Waals surface area contributed by atoms with Crippen molar-refractivity contribution in [3.8, 4) is 0 Å². The molecule has 118 valence electrons. The largest absolute Gasteiger partial charge is 0.256 e. The summed E-state index contributed by atoms with van der Waals surface area (Å²) in [5, 5.41) is 0. The van der Waals surface area contributed by atoms with Crippen LogP contribution in [0.4, 0.5) is 0 Å². The normalized spacial score (nSPS) is 12.5. The van der Waals surface area contributed by atoms with Gasteiger partial charge in [0.1, 0.15) is 0 Å². The molecule has 0 amide bonds. The van der Waals surface area contributed by atoms with E-state index in [2.05, 4.69) is 0 Å². The topological polar surface area (TPSA) is 83.6 Å². The van der Waals surface area contributed by atoms with E-state index in [1.54, 1.807) is 30.3 Å². The molecule has 22 heavy (non-hydrogen) atoms. The van der Waals surface area contributed by atoms with Crippen LogP contribution in [-0.2, 0) is 20.0 Å². The fourth-order valence-corrected chi connectivity index (χ4v) is 4.18. The van der Waals surface area contributed by atoms with Gasteiger partial charge in [-0.25, -0.2) is 16.8 Å². The molecule has 6 nitrogen and oxygen atoms in total. The zero-order chi connectivity index (χ0) is 16.4. The molecule has 1 N–H and O–H groups in total. The van der Waals surface area contributed by atoms with E-state index in [1.165, 1.54) is 24.3 Å². The Hall–Kier alpha value is -1.74. The van der Waals surface area contributed by atoms with E-state index in [0.29, 0.717) is 4.41 Å². The van der Waals surface area contributed by atoms with Crippen molar-refractivity contribution < 1.29 is 16.8 Å². The van der Waals surface area contributed by atoms with Gasteiger partial charge in [-0.1, -0.05) is 35.9 Å². The molecular formula is C14H16N2O4S2. The first kappa shape index (κ1) is 16.6. The molecule has 2 rings (SSSR count). The molecule has 0 aliphatic carbocycles. The zero-order valence-electron chi connectivity index (χ0n) is 12.1. The van der Waals surface area contributed by atoms with Gasteiger partial charge < -0.3 is 0 Å². The average Bonchev–Trinajstić information content (AvgIpc) is 2.48. The smallest absolute Gasteiger partial charge is 0.206 e. The summed E-state index contributed by atoms with van der Waals surface area (Å²) in [4.78, 5) is 2.04. The third-order valence-corrected chi connectivity index (χ3v) is 6.18. The predicted molar refractivity (Wildman–Crippen MR) is 82.9 cm³/mol. The van der Waals surface area contributed by atoms with E-state index in [1.807, 2.05) is 11.8 Å². The minimum Gasteiger partial charge on any atom is -0.206 e. The molecule has 0 bridgehead atoms. The first-order valence-corrected chi connectivity index (χ1v) is 9.29. The van der Waals surface area contributed by atoms with Crippen LogP contribution in [0.15, 0.2) is 64.4 Å². The molecule has 0 fully saturated rings. The maximum Gasteiger partial charge on any atom is 0.256 e. The summed E-state index contributed by atoms with van der Waals surface area (Å²) >= 11 is 0. The summed E-state index contributed by atoms with van der Waals surface area (Å²) in [6.07, 6.45) is 0. The van der Waals surface area contributed by atoms with Crippen LogP contribution >= 0.6 is 0 Å². The monoisotopic (exact) mass is 340 g/mol. The Labute approximate surface area is 130 Å². The number of hydrazine groups is 1. The lowest BCUT2D eigenvalue weighted by Gasteiger charge is -2.18. The second kappa shape index (κ2) is 6.17. The number of hydrogen-bond donors (Lipinski definition) is 1. The number of benzene rings is 2. The number of sulfonamides is 2. The lowest BCUT2D eigenvalue weighted by Crippen LogP contribution is -2.43. The first-order chi connectivity index (χ1) is 10.2. The van der Waals surface area contributed by atoms with Crippen LogP contribution in [0.25, 0.3) is 0 Å². The number of rotatable bonds is 5. The fraction of sp³-hybridized carbons (Fsp3) is 0.143. The van der Waals surface area contributed by atoms with E-state index in [-0.39, 0.29) is 9.79 Å². The van der Waals surface area contributed by atoms with Crippen molar-refractivity contribution in [3.05, 3.63) is 60.2 Å². The molecule has 2 aromatic rings. The van der Waals surface area contributed by atoms with E-state index in [9.17, 15) is 16.8 Å². The number of nitrogens with zero attached hydrogens (tertiary/aromatic N) is 1. The quantitative estimate of drug-likeness (QED) is 0.836. The molecule has 0 saturated carbocycles. The van der Waals surface area contributed by atoms with Crippen molar-refractivity contribution in [1.82, 2.24) is 9.25 Å². The minimum absolute atomic E-state index is 0.0105. The van der Waals surface area contributed by atoms with Gasteiger partial charge in [0.05, 0.1) is 9.79 Å². The highest BCUT2D eigenvalue weighted by molar-refractivity contribution is 7.92. The van der Waals surface area contributed by atoms with Crippen molar-refractivity contribution in [1.29, 1.82) is 0 Å². The van der Waals surface area contributed by atoms with Crippen molar-refractivity contribution in [2.75, 3.05) is 7.05 Å². The maximum atomic E-state index is 12.4. The van der Waals surface area contributed by atoms with Gasteiger partial charge in [0.15, 0.2) is 0 Å². The Kier molecular flexibility index (Phi) is 4.66. The summed E-state index contributed by atoms with van der Waals surface area (Å²) < 4.78 is 49.6. The SMILES string of the molecule is Cc1ccc(S(=O)(=O)N(C)NS(=O)(=O)c2ccccc2)cc1. The molecule has 0 saturated heterocycles. The average molecular weight is 340 g/mol. The van der Waals surface area contributed by atoms with Crippen LogP contribution in [0.2, 0.25) is 0 Å². The van der Waals surface area contributed by atoms with Gasteiger partial charge in [-0.05, 0) is 31.2 Å². The molecule has 0 spiro atoms. The Morgan fingerprint density at radius 2 is 1.36 bits per heavy atom. The molecule has 0 aromatic heterocycles. The number of aryl methyl sites for hydroxylation is 1. The van der Waals surface area contributed by atoms with Crippen LogP contribution in [-0.4, -0.2) is 28.3 Å². The molecule has 0 atom stereocenters. The number of hydrogen-bond acceptors (Lipinski definition) is 4. The molecule has 8 heteroatoms. The summed E-state index contributed by atoms with van der Waals surface area (Å²) in [6.45, 7) is 1.83. The lowest BCUT2D eigenvalue weighted by atomic mass is 10.2. The van der Waals surface area contributed by atoms with Crippen LogP contribution in [0.5, 0.6) is 0 Å². The van der Waals surface area contributed by atoms with Crippen molar-refractivity contribution in [2.24, 2.45) is 0 Å². The third kappa shape index (κ3) is 3.53. The number of nitrogens with one attached hydrogen (secondary N) is 1. The van der Waals surface area contributed by atoms with Gasteiger partial charge in [0.25, 0.3) is 20.0 Å². The Morgan fingerprint density at radius 1 is 0.818 bits per heavy atom. The van der Waals surface area contributed by atoms with Crippen LogP contribution in [0.1, 0.15) is 5.56 Å². The predicted octanol–water partition coefficient (Wildman–Crippen LogP) is 1.51. The lowest BCUT2D eigenvalue weighted by molar-refractivity contribution is 0.432. The van der Waals surface area contributed by atoms with Gasteiger partial charge >= 0.3 is 0 Å². The maximum absolute atomic E-state index is 12.4. The minimum atomic E-state index is -3.96. The van der Waals surface area contributed by atoms with E-state index in [4.69, 9.17) is 0 Å². The Bertz CT molecular complexity index is 845. The Balaban J connectivity index is 2.28. The van der Waals surface area contributed by atoms with Gasteiger partial charge in [0.2, 0.25) is 0 Å². The Morgan fingerprint density at radius 3 is 1.91 bits per heavy atom. The standard InChI is InChI=1S/C14H16N2O4S2/c1-12-8-10-14(11-9-12)22(19,20)16(2)15-21(17,18)13-6-4-3-5-7-13/h3-11,15H,1-2H3. The summed E-state index contributed by atoms with van der Waals surface area (Å²) in [7, 11) is -6.77. The molecule has 0 radical (unpaired) electrons. The van der Waals surface area contributed by atoms with Crippen LogP contribution in [0, 0.1) is 6.92 Å². The van der Waals surface area contributed by atoms with Gasteiger partial charge in [-0.3, -0.25) is 0 Å². The highest BCUT2D eigenvalue weighted by atomic mass is 32.2. The molecule has 0 aliphatic rings. The zero-order valence-corrected chi connectivity index (χ0v) is 13.7. The van der Waals surface area contributed by atoms with Crippen LogP contribution in [0.3, 0.4) is 0 Å². The van der Waals surface area contributed by atoms with Crippen molar-refractivity contribution in [3.63, 3.8) is 0 Å². The van der Waals surface area contributed by atoms with E-state index in [0.717, 1.165) is 12.6 Å². The summed E-state index contributed by atoms with van der Waals surface area (Å²) in [6, 6.07) is 13.7. The first-order valence-electron chi connectivity index (χ1n) is 6.36. The third-order valence-electron chi connectivity index (χ3n) is 2.98. The second-order valence-electron chi connectivity index (χ2n) is 4.69.